The van der Waals surface area contributed by atoms with Crippen LogP contribution in [0.2, 0.25) is 0 Å². The Morgan fingerprint density at radius 3 is 2.58 bits per heavy atom. The second-order valence-electron chi connectivity index (χ2n) is 4.17. The number of carbonyl (C=O) groups excluding carboxylic acids is 1. The molecule has 19 heavy (non-hydrogen) atoms. The lowest BCUT2D eigenvalue weighted by atomic mass is 10.0. The van der Waals surface area contributed by atoms with Crippen molar-refractivity contribution in [2.45, 2.75) is 5.79 Å². The maximum absolute atomic E-state index is 12.0. The molecule has 0 heterocycles. The number of hydrogen-bond acceptors (Lipinski definition) is 5. The van der Waals surface area contributed by atoms with Crippen molar-refractivity contribution in [2.75, 3.05) is 18.1 Å². The smallest absolute Gasteiger partial charge is 0.180 e. The van der Waals surface area contributed by atoms with Crippen LogP contribution in [0.4, 0.5) is 5.69 Å². The van der Waals surface area contributed by atoms with Crippen molar-refractivity contribution in [3.63, 3.8) is 0 Å². The van der Waals surface area contributed by atoms with Gasteiger partial charge in [-0.15, -0.1) is 0 Å². The number of para-hydroxylation sites is 1. The van der Waals surface area contributed by atoms with E-state index in [0.717, 1.165) is 18.2 Å². The minimum atomic E-state index is -2.47. The lowest BCUT2D eigenvalue weighted by molar-refractivity contribution is -0.511. The molecule has 5 nitrogen and oxygen atoms in total. The van der Waals surface area contributed by atoms with Crippen molar-refractivity contribution >= 4 is 11.5 Å². The van der Waals surface area contributed by atoms with Crippen LogP contribution in [0.3, 0.4) is 0 Å². The summed E-state index contributed by atoms with van der Waals surface area (Å²) in [6, 6.07) is 8.81. The Labute approximate surface area is 110 Å². The summed E-state index contributed by atoms with van der Waals surface area (Å²) in [4.78, 5) is 12.8. The summed E-state index contributed by atoms with van der Waals surface area (Å²) in [7, 11) is 0. The Bertz CT molecular complexity index is 520. The van der Waals surface area contributed by atoms with E-state index in [1.807, 2.05) is 6.07 Å². The van der Waals surface area contributed by atoms with Gasteiger partial charge < -0.3 is 20.2 Å². The van der Waals surface area contributed by atoms with Crippen molar-refractivity contribution in [1.29, 1.82) is 0 Å². The predicted molar refractivity (Wildman–Crippen MR) is 68.1 cm³/mol. The SMILES string of the molecule is O=C1C=CC([O-])(O)C(N(CCO)c2ccccc2)=C1. The van der Waals surface area contributed by atoms with Crippen LogP contribution in [-0.4, -0.2) is 34.9 Å². The Hall–Kier alpha value is -1.95. The standard InChI is InChI=1S/C14H14NO4/c16-9-8-15(11-4-2-1-3-5-11)13-10-12(17)6-7-14(13,18)19/h1-7,10,16,18H,8-9H2/q-1. The Kier molecular flexibility index (Phi) is 3.80. The molecule has 0 saturated carbocycles. The van der Waals surface area contributed by atoms with E-state index in [4.69, 9.17) is 5.11 Å². The molecule has 1 aliphatic carbocycles. The first-order valence-electron chi connectivity index (χ1n) is 5.86. The summed E-state index contributed by atoms with van der Waals surface area (Å²) >= 11 is 0. The second-order valence-corrected chi connectivity index (χ2v) is 4.17. The molecule has 0 fully saturated rings. The zero-order chi connectivity index (χ0) is 13.9. The zero-order valence-corrected chi connectivity index (χ0v) is 10.2. The predicted octanol–water partition coefficient (Wildman–Crippen LogP) is -0.443. The fourth-order valence-corrected chi connectivity index (χ4v) is 1.93. The van der Waals surface area contributed by atoms with Gasteiger partial charge in [0.1, 0.15) is 0 Å². The molecule has 1 aromatic carbocycles. The van der Waals surface area contributed by atoms with E-state index in [1.165, 1.54) is 4.90 Å². The van der Waals surface area contributed by atoms with Gasteiger partial charge in [-0.25, -0.2) is 0 Å². The van der Waals surface area contributed by atoms with Gasteiger partial charge in [-0.1, -0.05) is 24.3 Å². The highest BCUT2D eigenvalue weighted by atomic mass is 16.5. The van der Waals surface area contributed by atoms with Gasteiger partial charge in [0.25, 0.3) is 0 Å². The average Bonchev–Trinajstić information content (AvgIpc) is 2.40. The minimum absolute atomic E-state index is 0.0831. The molecule has 100 valence electrons. The first-order valence-corrected chi connectivity index (χ1v) is 5.86. The number of carbonyl (C=O) groups is 1. The van der Waals surface area contributed by atoms with Gasteiger partial charge in [0, 0.05) is 24.0 Å². The van der Waals surface area contributed by atoms with E-state index in [1.54, 1.807) is 24.3 Å². The molecule has 0 aromatic heterocycles. The van der Waals surface area contributed by atoms with Gasteiger partial charge in [-0.05, 0) is 18.2 Å². The van der Waals surface area contributed by atoms with Gasteiger partial charge in [0.2, 0.25) is 0 Å². The van der Waals surface area contributed by atoms with E-state index in [2.05, 4.69) is 0 Å². The number of anilines is 1. The molecule has 0 spiro atoms. The van der Waals surface area contributed by atoms with Crippen LogP contribution in [0.1, 0.15) is 0 Å². The van der Waals surface area contributed by atoms with E-state index in [9.17, 15) is 15.0 Å². The van der Waals surface area contributed by atoms with Crippen LogP contribution < -0.4 is 10.0 Å². The molecular weight excluding hydrogens is 246 g/mol. The van der Waals surface area contributed by atoms with Crippen LogP contribution >= 0.6 is 0 Å². The van der Waals surface area contributed by atoms with Crippen LogP contribution in [-0.2, 0) is 4.79 Å². The second kappa shape index (κ2) is 5.36. The normalized spacial score (nSPS) is 22.3. The molecule has 0 radical (unpaired) electrons. The number of rotatable bonds is 4. The van der Waals surface area contributed by atoms with Crippen molar-refractivity contribution in [1.82, 2.24) is 0 Å². The van der Waals surface area contributed by atoms with Crippen LogP contribution in [0, 0.1) is 0 Å². The Morgan fingerprint density at radius 2 is 1.95 bits per heavy atom. The quantitative estimate of drug-likeness (QED) is 0.717. The van der Waals surface area contributed by atoms with Crippen LogP contribution in [0.5, 0.6) is 0 Å². The molecule has 2 N–H and O–H groups in total. The average molecular weight is 260 g/mol. The molecule has 5 heteroatoms. The van der Waals surface area contributed by atoms with Crippen molar-refractivity contribution in [3.8, 4) is 0 Å². The summed E-state index contributed by atoms with van der Waals surface area (Å²) in [6.45, 7) is -0.0955. The van der Waals surface area contributed by atoms with Gasteiger partial charge in [-0.3, -0.25) is 4.79 Å². The van der Waals surface area contributed by atoms with Gasteiger partial charge >= 0.3 is 0 Å². The van der Waals surface area contributed by atoms with E-state index < -0.39 is 5.79 Å². The van der Waals surface area contributed by atoms with Crippen LogP contribution in [0.25, 0.3) is 0 Å². The number of benzene rings is 1. The number of aliphatic hydroxyl groups excluding tert-OH is 1. The molecule has 1 aromatic rings. The number of nitrogens with zero attached hydrogens (tertiary/aromatic N) is 1. The monoisotopic (exact) mass is 260 g/mol. The largest absolute Gasteiger partial charge is 0.821 e. The highest BCUT2D eigenvalue weighted by molar-refractivity contribution is 6.01. The fourth-order valence-electron chi connectivity index (χ4n) is 1.93. The lowest BCUT2D eigenvalue weighted by Gasteiger charge is -2.42. The lowest BCUT2D eigenvalue weighted by Crippen LogP contribution is -2.51. The summed E-state index contributed by atoms with van der Waals surface area (Å²) in [5.74, 6) is -2.84. The third-order valence-corrected chi connectivity index (χ3v) is 2.80. The molecule has 1 aliphatic rings. The van der Waals surface area contributed by atoms with Crippen molar-refractivity contribution in [3.05, 3.63) is 54.3 Å². The van der Waals surface area contributed by atoms with E-state index >= 15 is 0 Å². The third kappa shape index (κ3) is 2.90. The van der Waals surface area contributed by atoms with Crippen LogP contribution in [0.15, 0.2) is 54.3 Å². The summed E-state index contributed by atoms with van der Waals surface area (Å²) < 4.78 is 0. The summed E-state index contributed by atoms with van der Waals surface area (Å²) in [6.07, 6.45) is 3.05. The Balaban J connectivity index is 2.42. The maximum Gasteiger partial charge on any atom is 0.180 e. The molecule has 1 atom stereocenters. The van der Waals surface area contributed by atoms with Crippen molar-refractivity contribution < 1.29 is 20.1 Å². The maximum atomic E-state index is 12.0. The third-order valence-electron chi connectivity index (χ3n) is 2.80. The first kappa shape index (κ1) is 13.5. The number of hydrogen-bond donors (Lipinski definition) is 2. The van der Waals surface area contributed by atoms with E-state index in [-0.39, 0.29) is 24.6 Å². The summed E-state index contributed by atoms with van der Waals surface area (Å²) in [5, 5.41) is 30.9. The highest BCUT2D eigenvalue weighted by Crippen LogP contribution is 2.26. The molecule has 2 rings (SSSR count). The molecular formula is C14H14NO4-. The molecule has 0 aliphatic heterocycles. The number of aliphatic hydroxyl groups is 2. The molecule has 0 amide bonds. The highest BCUT2D eigenvalue weighted by Gasteiger charge is 2.26. The molecule has 1 unspecified atom stereocenters. The molecule has 0 saturated heterocycles. The van der Waals surface area contributed by atoms with Gasteiger partial charge in [0.15, 0.2) is 5.78 Å². The van der Waals surface area contributed by atoms with E-state index in [0.29, 0.717) is 5.69 Å². The number of allylic oxidation sites excluding steroid dienone is 2. The minimum Gasteiger partial charge on any atom is -0.821 e. The molecule has 0 bridgehead atoms. The topological polar surface area (TPSA) is 83.8 Å². The van der Waals surface area contributed by atoms with Gasteiger partial charge in [-0.2, -0.15) is 0 Å². The fraction of sp³-hybridized carbons (Fsp3) is 0.214. The zero-order valence-electron chi connectivity index (χ0n) is 10.2. The van der Waals surface area contributed by atoms with Crippen molar-refractivity contribution in [2.24, 2.45) is 0 Å². The summed E-state index contributed by atoms with van der Waals surface area (Å²) in [5.41, 5.74) is 0.542. The first-order chi connectivity index (χ1) is 9.04. The Morgan fingerprint density at radius 1 is 1.26 bits per heavy atom. The number of ketones is 1. The van der Waals surface area contributed by atoms with Gasteiger partial charge in [0.05, 0.1) is 12.4 Å².